The minimum Gasteiger partial charge on any atom is -0.478 e. The van der Waals surface area contributed by atoms with Crippen molar-refractivity contribution in [3.63, 3.8) is 0 Å². The number of aromatic nitrogens is 1. The van der Waals surface area contributed by atoms with Crippen LogP contribution in [0.2, 0.25) is 0 Å². The van der Waals surface area contributed by atoms with E-state index in [1.807, 2.05) is 50.4 Å². The van der Waals surface area contributed by atoms with Crippen LogP contribution in [0.3, 0.4) is 0 Å². The predicted octanol–water partition coefficient (Wildman–Crippen LogP) is 2.86. The highest BCUT2D eigenvalue weighted by molar-refractivity contribution is 5.80. The monoisotopic (exact) mass is 368 g/mol. The first-order valence-corrected chi connectivity index (χ1v) is 9.55. The Kier molecular flexibility index (Phi) is 6.65. The summed E-state index contributed by atoms with van der Waals surface area (Å²) in [6.45, 7) is 5.18. The van der Waals surface area contributed by atoms with Gasteiger partial charge in [-0.25, -0.2) is 4.98 Å². The Morgan fingerprint density at radius 2 is 1.96 bits per heavy atom. The van der Waals surface area contributed by atoms with Gasteiger partial charge in [0.05, 0.1) is 12.3 Å². The first-order chi connectivity index (χ1) is 13.2. The van der Waals surface area contributed by atoms with Gasteiger partial charge >= 0.3 is 0 Å². The Morgan fingerprint density at radius 1 is 1.22 bits per heavy atom. The van der Waals surface area contributed by atoms with Crippen LogP contribution in [0.1, 0.15) is 25.3 Å². The van der Waals surface area contributed by atoms with Crippen molar-refractivity contribution < 1.29 is 9.53 Å². The lowest BCUT2D eigenvalue weighted by Gasteiger charge is -2.32. The number of anilines is 1. The molecule has 1 aliphatic rings. The van der Waals surface area contributed by atoms with E-state index in [0.29, 0.717) is 12.5 Å². The molecule has 0 saturated carbocycles. The molecule has 1 amide bonds. The molecule has 1 N–H and O–H groups in total. The van der Waals surface area contributed by atoms with Gasteiger partial charge in [0.1, 0.15) is 0 Å². The van der Waals surface area contributed by atoms with Crippen molar-refractivity contribution in [2.75, 3.05) is 31.8 Å². The summed E-state index contributed by atoms with van der Waals surface area (Å²) >= 11 is 0. The lowest BCUT2D eigenvalue weighted by Crippen LogP contribution is -2.46. The highest BCUT2D eigenvalue weighted by Crippen LogP contribution is 2.22. The lowest BCUT2D eigenvalue weighted by molar-refractivity contribution is -0.126. The molecule has 1 fully saturated rings. The van der Waals surface area contributed by atoms with Gasteiger partial charge in [0.2, 0.25) is 11.8 Å². The second-order valence-electron chi connectivity index (χ2n) is 6.82. The third-order valence-electron chi connectivity index (χ3n) is 4.90. The second-order valence-corrected chi connectivity index (χ2v) is 6.82. The van der Waals surface area contributed by atoms with Crippen LogP contribution in [0.5, 0.6) is 5.88 Å². The van der Waals surface area contributed by atoms with Crippen LogP contribution in [-0.2, 0) is 11.3 Å². The number of rotatable bonds is 7. The SMILES string of the molecule is CCOc1ncccc1CN1CCC(C(=O)NN(C)c2ccccc2)CC1. The number of likely N-dealkylation sites (tertiary alicyclic amines) is 1. The zero-order valence-electron chi connectivity index (χ0n) is 16.1. The highest BCUT2D eigenvalue weighted by atomic mass is 16.5. The summed E-state index contributed by atoms with van der Waals surface area (Å²) in [4.78, 5) is 19.3. The Balaban J connectivity index is 1.49. The molecule has 0 bridgehead atoms. The zero-order chi connectivity index (χ0) is 19.1. The van der Waals surface area contributed by atoms with Crippen LogP contribution < -0.4 is 15.2 Å². The number of pyridine rings is 1. The molecule has 0 radical (unpaired) electrons. The topological polar surface area (TPSA) is 57.7 Å². The first-order valence-electron chi connectivity index (χ1n) is 9.55. The summed E-state index contributed by atoms with van der Waals surface area (Å²) in [5, 5.41) is 1.79. The number of amides is 1. The number of carbonyl (C=O) groups excluding carboxylic acids is 1. The van der Waals surface area contributed by atoms with Crippen molar-refractivity contribution in [3.8, 4) is 5.88 Å². The Labute approximate surface area is 161 Å². The van der Waals surface area contributed by atoms with E-state index in [-0.39, 0.29) is 11.8 Å². The van der Waals surface area contributed by atoms with Gasteiger partial charge in [0.25, 0.3) is 0 Å². The van der Waals surface area contributed by atoms with Gasteiger partial charge in [-0.3, -0.25) is 20.1 Å². The van der Waals surface area contributed by atoms with Gasteiger partial charge in [0, 0.05) is 31.3 Å². The van der Waals surface area contributed by atoms with Crippen LogP contribution in [0.4, 0.5) is 5.69 Å². The highest BCUT2D eigenvalue weighted by Gasteiger charge is 2.26. The Morgan fingerprint density at radius 3 is 2.67 bits per heavy atom. The standard InChI is InChI=1S/C21H28N4O2/c1-3-27-21-18(8-7-13-22-21)16-25-14-11-17(12-15-25)20(26)23-24(2)19-9-5-4-6-10-19/h4-10,13,17H,3,11-12,14-16H2,1-2H3,(H,23,26). The lowest BCUT2D eigenvalue weighted by atomic mass is 9.96. The number of piperidine rings is 1. The first kappa shape index (κ1) is 19.2. The molecule has 6 nitrogen and oxygen atoms in total. The number of benzene rings is 1. The molecule has 0 aliphatic carbocycles. The van der Waals surface area contributed by atoms with Crippen molar-refractivity contribution in [2.45, 2.75) is 26.3 Å². The second kappa shape index (κ2) is 9.37. The molecule has 0 atom stereocenters. The number of hydrazine groups is 1. The van der Waals surface area contributed by atoms with E-state index in [9.17, 15) is 4.79 Å². The number of hydrogen-bond donors (Lipinski definition) is 1. The number of nitrogens with zero attached hydrogens (tertiary/aromatic N) is 3. The quantitative estimate of drug-likeness (QED) is 0.762. The molecule has 2 aromatic rings. The van der Waals surface area contributed by atoms with Gasteiger partial charge in [0.15, 0.2) is 0 Å². The number of hydrogen-bond acceptors (Lipinski definition) is 5. The maximum Gasteiger partial charge on any atom is 0.241 e. The van der Waals surface area contributed by atoms with Gasteiger partial charge < -0.3 is 4.74 Å². The predicted molar refractivity (Wildman–Crippen MR) is 106 cm³/mol. The van der Waals surface area contributed by atoms with E-state index >= 15 is 0 Å². The van der Waals surface area contributed by atoms with E-state index < -0.39 is 0 Å². The summed E-state index contributed by atoms with van der Waals surface area (Å²) in [5.41, 5.74) is 5.08. The van der Waals surface area contributed by atoms with Gasteiger partial charge in [-0.15, -0.1) is 0 Å². The van der Waals surface area contributed by atoms with Crippen LogP contribution in [0.15, 0.2) is 48.7 Å². The van der Waals surface area contributed by atoms with E-state index in [4.69, 9.17) is 4.74 Å². The maximum absolute atomic E-state index is 12.6. The van der Waals surface area contributed by atoms with Crippen molar-refractivity contribution in [1.29, 1.82) is 0 Å². The fourth-order valence-corrected chi connectivity index (χ4v) is 3.38. The number of ether oxygens (including phenoxy) is 1. The van der Waals surface area contributed by atoms with Gasteiger partial charge in [-0.2, -0.15) is 0 Å². The molecule has 1 saturated heterocycles. The molecule has 144 valence electrons. The van der Waals surface area contributed by atoms with Gasteiger partial charge in [-0.1, -0.05) is 24.3 Å². The fraction of sp³-hybridized carbons (Fsp3) is 0.429. The molecule has 2 heterocycles. The molecule has 1 aromatic carbocycles. The van der Waals surface area contributed by atoms with Crippen LogP contribution in [-0.4, -0.2) is 42.5 Å². The van der Waals surface area contributed by atoms with Gasteiger partial charge in [-0.05, 0) is 51.1 Å². The maximum atomic E-state index is 12.6. The molecule has 1 aliphatic heterocycles. The number of para-hydroxylation sites is 1. The number of nitrogens with one attached hydrogen (secondary N) is 1. The van der Waals surface area contributed by atoms with Crippen molar-refractivity contribution in [3.05, 3.63) is 54.2 Å². The molecule has 6 heteroatoms. The van der Waals surface area contributed by atoms with E-state index in [0.717, 1.165) is 43.7 Å². The third-order valence-corrected chi connectivity index (χ3v) is 4.90. The number of carbonyl (C=O) groups is 1. The molecular weight excluding hydrogens is 340 g/mol. The average molecular weight is 368 g/mol. The summed E-state index contributed by atoms with van der Waals surface area (Å²) in [6, 6.07) is 13.9. The molecule has 3 rings (SSSR count). The molecule has 27 heavy (non-hydrogen) atoms. The van der Waals surface area contributed by atoms with Crippen molar-refractivity contribution in [2.24, 2.45) is 5.92 Å². The molecule has 1 aromatic heterocycles. The van der Waals surface area contributed by atoms with Crippen molar-refractivity contribution >= 4 is 11.6 Å². The fourth-order valence-electron chi connectivity index (χ4n) is 3.38. The third kappa shape index (κ3) is 5.20. The smallest absolute Gasteiger partial charge is 0.241 e. The summed E-state index contributed by atoms with van der Waals surface area (Å²) in [5.74, 6) is 0.856. The van der Waals surface area contributed by atoms with E-state index in [2.05, 4.69) is 21.4 Å². The van der Waals surface area contributed by atoms with Crippen LogP contribution in [0, 0.1) is 5.92 Å². The molecular formula is C21H28N4O2. The van der Waals surface area contributed by atoms with E-state index in [1.165, 1.54) is 0 Å². The average Bonchev–Trinajstić information content (AvgIpc) is 2.71. The van der Waals surface area contributed by atoms with Crippen LogP contribution in [0.25, 0.3) is 0 Å². The largest absolute Gasteiger partial charge is 0.478 e. The molecule has 0 spiro atoms. The summed E-state index contributed by atoms with van der Waals surface area (Å²) in [6.07, 6.45) is 3.48. The minimum atomic E-state index is 0.0488. The minimum absolute atomic E-state index is 0.0488. The Hall–Kier alpha value is -2.60. The molecule has 0 unspecified atom stereocenters. The normalized spacial score (nSPS) is 15.3. The van der Waals surface area contributed by atoms with E-state index in [1.54, 1.807) is 11.2 Å². The summed E-state index contributed by atoms with van der Waals surface area (Å²) in [7, 11) is 1.88. The van der Waals surface area contributed by atoms with Crippen LogP contribution >= 0.6 is 0 Å². The Bertz CT molecular complexity index is 730. The zero-order valence-corrected chi connectivity index (χ0v) is 16.1. The summed E-state index contributed by atoms with van der Waals surface area (Å²) < 4.78 is 5.62. The van der Waals surface area contributed by atoms with Crippen molar-refractivity contribution in [1.82, 2.24) is 15.3 Å².